The summed E-state index contributed by atoms with van der Waals surface area (Å²) in [6.45, 7) is 0.401. The Morgan fingerprint density at radius 1 is 1.15 bits per heavy atom. The van der Waals surface area contributed by atoms with Crippen molar-refractivity contribution in [2.24, 2.45) is 0 Å². The first kappa shape index (κ1) is 16.2. The monoisotopic (exact) mass is 367 g/mol. The van der Waals surface area contributed by atoms with E-state index in [1.807, 2.05) is 36.5 Å². The van der Waals surface area contributed by atoms with E-state index in [0.717, 1.165) is 5.69 Å². The summed E-state index contributed by atoms with van der Waals surface area (Å²) in [6, 6.07) is 12.6. The number of carbonyl (C=O) groups is 1. The highest BCUT2D eigenvalue weighted by Crippen LogP contribution is 2.16. The van der Waals surface area contributed by atoms with Gasteiger partial charge < -0.3 is 9.73 Å². The van der Waals surface area contributed by atoms with Gasteiger partial charge in [-0.2, -0.15) is 10.2 Å². The molecule has 0 unspecified atom stereocenters. The maximum atomic E-state index is 12.3. The molecule has 0 saturated carbocycles. The summed E-state index contributed by atoms with van der Waals surface area (Å²) < 4.78 is 8.96. The maximum absolute atomic E-state index is 12.3. The zero-order valence-corrected chi connectivity index (χ0v) is 14.3. The zero-order chi connectivity index (χ0) is 17.9. The van der Waals surface area contributed by atoms with Crippen LogP contribution in [0.5, 0.6) is 0 Å². The fourth-order valence-corrected chi connectivity index (χ4v) is 2.64. The van der Waals surface area contributed by atoms with E-state index in [2.05, 4.69) is 15.5 Å². The summed E-state index contributed by atoms with van der Waals surface area (Å²) >= 11 is 5.83. The third kappa shape index (κ3) is 3.52. The van der Waals surface area contributed by atoms with E-state index in [0.29, 0.717) is 23.0 Å². The molecule has 1 N–H and O–H groups in total. The van der Waals surface area contributed by atoms with E-state index in [4.69, 9.17) is 16.0 Å². The summed E-state index contributed by atoms with van der Waals surface area (Å²) in [5.41, 5.74) is 1.58. The average molecular weight is 368 g/mol. The van der Waals surface area contributed by atoms with E-state index in [1.165, 1.54) is 0 Å². The highest BCUT2D eigenvalue weighted by Gasteiger charge is 2.12. The van der Waals surface area contributed by atoms with Gasteiger partial charge in [-0.05, 0) is 42.5 Å². The molecule has 0 atom stereocenters. The van der Waals surface area contributed by atoms with E-state index < -0.39 is 0 Å². The Hall–Kier alpha value is -3.32. The predicted octanol–water partition coefficient (Wildman–Crippen LogP) is 3.62. The number of rotatable bonds is 5. The van der Waals surface area contributed by atoms with Crippen LogP contribution in [0.4, 0.5) is 5.69 Å². The van der Waals surface area contributed by atoms with Crippen LogP contribution in [0.2, 0.25) is 5.02 Å². The van der Waals surface area contributed by atoms with E-state index >= 15 is 0 Å². The smallest absolute Gasteiger partial charge is 0.291 e. The molecule has 1 amide bonds. The molecule has 0 saturated heterocycles. The number of carbonyl (C=O) groups excluding carboxylic acids is 1. The van der Waals surface area contributed by atoms with Gasteiger partial charge in [0.2, 0.25) is 0 Å². The molecule has 3 heterocycles. The zero-order valence-electron chi connectivity index (χ0n) is 13.5. The van der Waals surface area contributed by atoms with Crippen molar-refractivity contribution in [1.29, 1.82) is 0 Å². The lowest BCUT2D eigenvalue weighted by atomic mass is 10.2. The number of hydrogen-bond acceptors (Lipinski definition) is 4. The van der Waals surface area contributed by atoms with Gasteiger partial charge in [-0.25, -0.2) is 4.68 Å². The Labute approximate surface area is 153 Å². The average Bonchev–Trinajstić information content (AvgIpc) is 3.38. The Morgan fingerprint density at radius 3 is 2.69 bits per heavy atom. The van der Waals surface area contributed by atoms with E-state index in [1.54, 1.807) is 40.1 Å². The first-order chi connectivity index (χ1) is 12.7. The minimum Gasteiger partial charge on any atom is -0.454 e. The molecule has 7 nitrogen and oxygen atoms in total. The molecule has 0 aliphatic heterocycles. The van der Waals surface area contributed by atoms with Crippen molar-refractivity contribution in [3.63, 3.8) is 0 Å². The number of furan rings is 1. The summed E-state index contributed by atoms with van der Waals surface area (Å²) in [5, 5.41) is 11.6. The quantitative estimate of drug-likeness (QED) is 0.584. The number of anilines is 1. The van der Waals surface area contributed by atoms with Gasteiger partial charge in [0.05, 0.1) is 23.5 Å². The molecular weight excluding hydrogens is 354 g/mol. The van der Waals surface area contributed by atoms with Crippen LogP contribution in [0.15, 0.2) is 71.7 Å². The fraction of sp³-hybridized carbons (Fsp3) is 0.0556. The molecular formula is C18H14ClN5O2. The van der Waals surface area contributed by atoms with Crippen LogP contribution in [0, 0.1) is 0 Å². The Bertz CT molecular complexity index is 1020. The number of benzene rings is 1. The van der Waals surface area contributed by atoms with Crippen molar-refractivity contribution in [3.05, 3.63) is 83.8 Å². The second-order valence-electron chi connectivity index (χ2n) is 5.57. The molecule has 0 radical (unpaired) electrons. The molecule has 26 heavy (non-hydrogen) atoms. The third-order valence-corrected chi connectivity index (χ3v) is 3.89. The molecule has 0 aliphatic rings. The standard InChI is InChI=1S/C18H14ClN5O2/c19-13-10-21-23(11-13)12-16-6-7-17(26-16)18(25)22-14-2-4-15(5-3-14)24-9-1-8-20-24/h1-11H,12H2,(H,22,25). The first-order valence-electron chi connectivity index (χ1n) is 7.85. The highest BCUT2D eigenvalue weighted by molar-refractivity contribution is 6.30. The summed E-state index contributed by atoms with van der Waals surface area (Å²) in [6.07, 6.45) is 6.79. The van der Waals surface area contributed by atoms with Crippen LogP contribution >= 0.6 is 11.6 Å². The van der Waals surface area contributed by atoms with Crippen LogP contribution in [0.25, 0.3) is 5.69 Å². The lowest BCUT2D eigenvalue weighted by Crippen LogP contribution is -2.11. The van der Waals surface area contributed by atoms with Crippen molar-refractivity contribution in [2.45, 2.75) is 6.54 Å². The number of halogens is 1. The molecule has 1 aromatic carbocycles. The van der Waals surface area contributed by atoms with Gasteiger partial charge in [0.15, 0.2) is 5.76 Å². The van der Waals surface area contributed by atoms with Gasteiger partial charge >= 0.3 is 0 Å². The summed E-state index contributed by atoms with van der Waals surface area (Å²) in [7, 11) is 0. The van der Waals surface area contributed by atoms with Crippen molar-refractivity contribution in [2.75, 3.05) is 5.32 Å². The lowest BCUT2D eigenvalue weighted by molar-refractivity contribution is 0.0994. The van der Waals surface area contributed by atoms with Crippen molar-refractivity contribution in [1.82, 2.24) is 19.6 Å². The third-order valence-electron chi connectivity index (χ3n) is 3.70. The molecule has 4 aromatic rings. The number of nitrogens with one attached hydrogen (secondary N) is 1. The van der Waals surface area contributed by atoms with Crippen molar-refractivity contribution < 1.29 is 9.21 Å². The largest absolute Gasteiger partial charge is 0.454 e. The van der Waals surface area contributed by atoms with Crippen molar-refractivity contribution in [3.8, 4) is 5.69 Å². The van der Waals surface area contributed by atoms with Crippen LogP contribution < -0.4 is 5.32 Å². The normalized spacial score (nSPS) is 10.8. The van der Waals surface area contributed by atoms with Crippen LogP contribution in [0.3, 0.4) is 0 Å². The first-order valence-corrected chi connectivity index (χ1v) is 8.23. The molecule has 8 heteroatoms. The minimum absolute atomic E-state index is 0.231. The van der Waals surface area contributed by atoms with Gasteiger partial charge in [0, 0.05) is 24.3 Å². The highest BCUT2D eigenvalue weighted by atomic mass is 35.5. The number of nitrogens with zero attached hydrogens (tertiary/aromatic N) is 4. The van der Waals surface area contributed by atoms with E-state index in [-0.39, 0.29) is 11.7 Å². The fourth-order valence-electron chi connectivity index (χ4n) is 2.48. The maximum Gasteiger partial charge on any atom is 0.291 e. The van der Waals surface area contributed by atoms with Gasteiger partial charge in [0.1, 0.15) is 5.76 Å². The van der Waals surface area contributed by atoms with Gasteiger partial charge in [0.25, 0.3) is 5.91 Å². The van der Waals surface area contributed by atoms with E-state index in [9.17, 15) is 4.79 Å². The van der Waals surface area contributed by atoms with Crippen LogP contribution in [-0.2, 0) is 6.54 Å². The minimum atomic E-state index is -0.318. The number of hydrogen-bond donors (Lipinski definition) is 1. The number of amides is 1. The second-order valence-corrected chi connectivity index (χ2v) is 6.01. The topological polar surface area (TPSA) is 77.9 Å². The predicted molar refractivity (Wildman–Crippen MR) is 96.6 cm³/mol. The van der Waals surface area contributed by atoms with Gasteiger partial charge in [-0.3, -0.25) is 9.48 Å². The second kappa shape index (κ2) is 6.89. The molecule has 0 bridgehead atoms. The molecule has 0 fully saturated rings. The molecule has 0 spiro atoms. The molecule has 3 aromatic heterocycles. The Balaban J connectivity index is 1.42. The Morgan fingerprint density at radius 2 is 2.00 bits per heavy atom. The molecule has 0 aliphatic carbocycles. The Kier molecular flexibility index (Phi) is 4.28. The lowest BCUT2D eigenvalue weighted by Gasteiger charge is -2.05. The van der Waals surface area contributed by atoms with Crippen molar-refractivity contribution >= 4 is 23.2 Å². The van der Waals surface area contributed by atoms with Crippen LogP contribution in [0.1, 0.15) is 16.3 Å². The van der Waals surface area contributed by atoms with Gasteiger partial charge in [-0.1, -0.05) is 11.6 Å². The number of aromatic nitrogens is 4. The summed E-state index contributed by atoms with van der Waals surface area (Å²) in [4.78, 5) is 12.3. The van der Waals surface area contributed by atoms with Gasteiger partial charge in [-0.15, -0.1) is 0 Å². The summed E-state index contributed by atoms with van der Waals surface area (Å²) in [5.74, 6) is 0.528. The molecule has 4 rings (SSSR count). The SMILES string of the molecule is O=C(Nc1ccc(-n2cccn2)cc1)c1ccc(Cn2cc(Cl)cn2)o1. The van der Waals surface area contributed by atoms with Crippen LogP contribution in [-0.4, -0.2) is 25.5 Å². The molecule has 130 valence electrons.